The minimum atomic E-state index is 0.0224. The summed E-state index contributed by atoms with van der Waals surface area (Å²) in [5.74, 6) is 0.475. The molecule has 92 valence electrons. The smallest absolute Gasteiger partial charge is 0.322 e. The number of piperazine rings is 1. The maximum absolute atomic E-state index is 11.6. The molecule has 8 heteroatoms. The van der Waals surface area contributed by atoms with Gasteiger partial charge in [-0.15, -0.1) is 0 Å². The lowest BCUT2D eigenvalue weighted by atomic mass is 10.3. The lowest BCUT2D eigenvalue weighted by molar-refractivity contribution is -0.129. The van der Waals surface area contributed by atoms with Gasteiger partial charge in [0.1, 0.15) is 0 Å². The maximum Gasteiger partial charge on any atom is 0.322 e. The number of amides is 1. The van der Waals surface area contributed by atoms with Crippen LogP contribution in [-0.4, -0.2) is 59.6 Å². The first-order chi connectivity index (χ1) is 8.10. The van der Waals surface area contributed by atoms with Crippen molar-refractivity contribution in [3.8, 4) is 6.01 Å². The second-order valence-electron chi connectivity index (χ2n) is 3.72. The van der Waals surface area contributed by atoms with Gasteiger partial charge in [0.25, 0.3) is 0 Å². The Balaban J connectivity index is 2.22. The zero-order valence-corrected chi connectivity index (χ0v) is 9.75. The molecule has 0 saturated carbocycles. The molecule has 0 unspecified atom stereocenters. The molecule has 0 aromatic carbocycles. The minimum absolute atomic E-state index is 0.0224. The van der Waals surface area contributed by atoms with Gasteiger partial charge in [0.05, 0.1) is 13.7 Å². The third kappa shape index (κ3) is 2.35. The number of methoxy groups -OCH3 is 1. The predicted molar refractivity (Wildman–Crippen MR) is 60.6 cm³/mol. The SMILES string of the molecule is COc1nc(N)nc(N2CCN(C)C(=O)C2)n1. The molecule has 17 heavy (non-hydrogen) atoms. The highest BCUT2D eigenvalue weighted by Crippen LogP contribution is 2.15. The van der Waals surface area contributed by atoms with E-state index >= 15 is 0 Å². The number of likely N-dealkylation sites (N-methyl/N-ethyl adjacent to an activating group) is 1. The number of carbonyl (C=O) groups is 1. The fourth-order valence-corrected chi connectivity index (χ4v) is 1.52. The number of carbonyl (C=O) groups excluding carboxylic acids is 1. The van der Waals surface area contributed by atoms with Crippen LogP contribution in [0.1, 0.15) is 0 Å². The van der Waals surface area contributed by atoms with Gasteiger partial charge in [-0.2, -0.15) is 15.0 Å². The first-order valence-electron chi connectivity index (χ1n) is 5.14. The molecule has 0 aliphatic carbocycles. The molecule has 8 nitrogen and oxygen atoms in total. The molecule has 1 aliphatic heterocycles. The van der Waals surface area contributed by atoms with E-state index in [0.29, 0.717) is 19.0 Å². The summed E-state index contributed by atoms with van der Waals surface area (Å²) in [5, 5.41) is 0. The number of rotatable bonds is 2. The van der Waals surface area contributed by atoms with E-state index in [1.807, 2.05) is 0 Å². The van der Waals surface area contributed by atoms with Crippen LogP contribution in [0.25, 0.3) is 0 Å². The van der Waals surface area contributed by atoms with Gasteiger partial charge in [-0.3, -0.25) is 4.79 Å². The van der Waals surface area contributed by atoms with E-state index < -0.39 is 0 Å². The van der Waals surface area contributed by atoms with Crippen LogP contribution in [0.4, 0.5) is 11.9 Å². The molecule has 2 rings (SSSR count). The van der Waals surface area contributed by atoms with E-state index in [9.17, 15) is 4.79 Å². The molecule has 2 heterocycles. The van der Waals surface area contributed by atoms with E-state index in [-0.39, 0.29) is 24.4 Å². The highest BCUT2D eigenvalue weighted by atomic mass is 16.5. The van der Waals surface area contributed by atoms with E-state index in [1.165, 1.54) is 7.11 Å². The molecule has 2 N–H and O–H groups in total. The quantitative estimate of drug-likeness (QED) is 0.686. The lowest BCUT2D eigenvalue weighted by Crippen LogP contribution is -2.49. The maximum atomic E-state index is 11.6. The van der Waals surface area contributed by atoms with Crippen molar-refractivity contribution in [2.24, 2.45) is 0 Å². The van der Waals surface area contributed by atoms with Crippen LogP contribution < -0.4 is 15.4 Å². The average molecular weight is 238 g/mol. The molecule has 1 aromatic heterocycles. The van der Waals surface area contributed by atoms with Gasteiger partial charge in [0.15, 0.2) is 0 Å². The molecular weight excluding hydrogens is 224 g/mol. The number of aromatic nitrogens is 3. The molecular formula is C9H14N6O2. The number of ether oxygens (including phenoxy) is 1. The van der Waals surface area contributed by atoms with Gasteiger partial charge in [-0.05, 0) is 0 Å². The molecule has 1 fully saturated rings. The third-order valence-electron chi connectivity index (χ3n) is 2.54. The normalized spacial score (nSPS) is 16.2. The Labute approximate surface area is 98.4 Å². The molecule has 1 amide bonds. The third-order valence-corrected chi connectivity index (χ3v) is 2.54. The Hall–Kier alpha value is -2.12. The molecule has 1 aliphatic rings. The summed E-state index contributed by atoms with van der Waals surface area (Å²) in [6, 6.07) is 0.152. The molecule has 0 radical (unpaired) electrons. The van der Waals surface area contributed by atoms with Crippen LogP contribution in [0, 0.1) is 0 Å². The van der Waals surface area contributed by atoms with Crippen molar-refractivity contribution in [2.75, 3.05) is 44.4 Å². The van der Waals surface area contributed by atoms with Crippen molar-refractivity contribution in [3.05, 3.63) is 0 Å². The van der Waals surface area contributed by atoms with Crippen LogP contribution >= 0.6 is 0 Å². The summed E-state index contributed by atoms with van der Waals surface area (Å²) in [5.41, 5.74) is 5.54. The van der Waals surface area contributed by atoms with E-state index in [0.717, 1.165) is 0 Å². The number of hydrogen-bond acceptors (Lipinski definition) is 7. The predicted octanol–water partition coefficient (Wildman–Crippen LogP) is -1.26. The Morgan fingerprint density at radius 2 is 2.06 bits per heavy atom. The second-order valence-corrected chi connectivity index (χ2v) is 3.72. The first kappa shape index (κ1) is 11.4. The zero-order valence-electron chi connectivity index (χ0n) is 9.75. The van der Waals surface area contributed by atoms with Gasteiger partial charge in [0.2, 0.25) is 17.8 Å². The number of nitrogens with two attached hydrogens (primary N) is 1. The number of nitrogen functional groups attached to an aromatic ring is 1. The van der Waals surface area contributed by atoms with Crippen molar-refractivity contribution >= 4 is 17.8 Å². The summed E-state index contributed by atoms with van der Waals surface area (Å²) in [4.78, 5) is 26.8. The minimum Gasteiger partial charge on any atom is -0.467 e. The zero-order chi connectivity index (χ0) is 12.4. The highest BCUT2D eigenvalue weighted by molar-refractivity contribution is 5.81. The second kappa shape index (κ2) is 4.40. The largest absolute Gasteiger partial charge is 0.467 e. The average Bonchev–Trinajstić information content (AvgIpc) is 2.32. The van der Waals surface area contributed by atoms with E-state index in [4.69, 9.17) is 10.5 Å². The fourth-order valence-electron chi connectivity index (χ4n) is 1.52. The summed E-state index contributed by atoms with van der Waals surface area (Å²) in [7, 11) is 3.22. The van der Waals surface area contributed by atoms with Crippen molar-refractivity contribution in [1.82, 2.24) is 19.9 Å². The fraction of sp³-hybridized carbons (Fsp3) is 0.556. The van der Waals surface area contributed by atoms with E-state index in [1.54, 1.807) is 16.8 Å². The van der Waals surface area contributed by atoms with Crippen LogP contribution in [-0.2, 0) is 4.79 Å². The lowest BCUT2D eigenvalue weighted by Gasteiger charge is -2.31. The molecule has 0 bridgehead atoms. The standard InChI is InChI=1S/C9H14N6O2/c1-14-3-4-15(5-6(14)16)8-11-7(10)12-9(13-8)17-2/h3-5H2,1-2H3,(H2,10,11,12,13). The summed E-state index contributed by atoms with van der Waals surface area (Å²) >= 11 is 0. The van der Waals surface area contributed by atoms with Gasteiger partial charge in [-0.1, -0.05) is 0 Å². The Kier molecular flexibility index (Phi) is 2.94. The topological polar surface area (TPSA) is 97.5 Å². The summed E-state index contributed by atoms with van der Waals surface area (Å²) in [6.07, 6.45) is 0. The van der Waals surface area contributed by atoms with Gasteiger partial charge in [0, 0.05) is 20.1 Å². The van der Waals surface area contributed by atoms with Crippen LogP contribution in [0.3, 0.4) is 0 Å². The van der Waals surface area contributed by atoms with Crippen LogP contribution in [0.5, 0.6) is 6.01 Å². The summed E-state index contributed by atoms with van der Waals surface area (Å²) in [6.45, 7) is 1.53. The first-order valence-corrected chi connectivity index (χ1v) is 5.14. The van der Waals surface area contributed by atoms with Crippen molar-refractivity contribution in [2.45, 2.75) is 0 Å². The van der Waals surface area contributed by atoms with Crippen molar-refractivity contribution in [3.63, 3.8) is 0 Å². The van der Waals surface area contributed by atoms with Crippen LogP contribution in [0.2, 0.25) is 0 Å². The van der Waals surface area contributed by atoms with Gasteiger partial charge >= 0.3 is 6.01 Å². The molecule has 1 saturated heterocycles. The van der Waals surface area contributed by atoms with Crippen molar-refractivity contribution < 1.29 is 9.53 Å². The molecule has 0 atom stereocenters. The number of nitrogens with zero attached hydrogens (tertiary/aromatic N) is 5. The van der Waals surface area contributed by atoms with Gasteiger partial charge in [-0.25, -0.2) is 0 Å². The highest BCUT2D eigenvalue weighted by Gasteiger charge is 2.23. The van der Waals surface area contributed by atoms with Crippen LogP contribution in [0.15, 0.2) is 0 Å². The van der Waals surface area contributed by atoms with E-state index in [2.05, 4.69) is 15.0 Å². The number of hydrogen-bond donors (Lipinski definition) is 1. The molecule has 1 aromatic rings. The Bertz CT molecular complexity index is 437. The monoisotopic (exact) mass is 238 g/mol. The molecule has 0 spiro atoms. The van der Waals surface area contributed by atoms with Crippen molar-refractivity contribution in [1.29, 1.82) is 0 Å². The van der Waals surface area contributed by atoms with Gasteiger partial charge < -0.3 is 20.3 Å². The number of anilines is 2. The Morgan fingerprint density at radius 1 is 1.29 bits per heavy atom. The Morgan fingerprint density at radius 3 is 2.71 bits per heavy atom. The summed E-state index contributed by atoms with van der Waals surface area (Å²) < 4.78 is 4.91.